The lowest BCUT2D eigenvalue weighted by molar-refractivity contribution is -0.119. The summed E-state index contributed by atoms with van der Waals surface area (Å²) >= 11 is 1.46. The molecule has 126 valence electrons. The van der Waals surface area contributed by atoms with E-state index < -0.39 is 6.04 Å². The molecule has 0 saturated carbocycles. The monoisotopic (exact) mass is 350 g/mol. The molecule has 0 aliphatic rings. The molecule has 4 nitrogen and oxygen atoms in total. The smallest absolute Gasteiger partial charge is 0.251 e. The average Bonchev–Trinajstić information content (AvgIpc) is 3.11. The zero-order chi connectivity index (χ0) is 17.6. The highest BCUT2D eigenvalue weighted by Crippen LogP contribution is 2.22. The Morgan fingerprint density at radius 3 is 2.36 bits per heavy atom. The number of rotatable bonds is 6. The Morgan fingerprint density at radius 2 is 1.68 bits per heavy atom. The highest BCUT2D eigenvalue weighted by molar-refractivity contribution is 7.10. The van der Waals surface area contributed by atoms with Crippen molar-refractivity contribution in [3.05, 3.63) is 76.6 Å². The maximum Gasteiger partial charge on any atom is 0.251 e. The summed E-state index contributed by atoms with van der Waals surface area (Å²) in [5.74, 6) is -0.302. The minimum atomic E-state index is -0.559. The standard InChI is InChI=1S/C20H18N2O2S/c1-14(21-20(24)16-10-6-3-7-11-16)18(23)12-19-22-17(13-25-19)15-8-4-2-5-9-15/h2-11,13-14H,12H2,1H3,(H,21,24)/t14-/m0/s1. The zero-order valence-electron chi connectivity index (χ0n) is 13.8. The molecule has 2 aromatic carbocycles. The second kappa shape index (κ2) is 7.85. The minimum Gasteiger partial charge on any atom is -0.343 e. The number of nitrogens with one attached hydrogen (secondary N) is 1. The van der Waals surface area contributed by atoms with Gasteiger partial charge in [0.25, 0.3) is 5.91 Å². The van der Waals surface area contributed by atoms with Gasteiger partial charge < -0.3 is 5.32 Å². The molecule has 3 rings (SSSR count). The van der Waals surface area contributed by atoms with Crippen molar-refractivity contribution in [2.24, 2.45) is 0 Å². The second-order valence-electron chi connectivity index (χ2n) is 5.70. The van der Waals surface area contributed by atoms with Gasteiger partial charge in [0.2, 0.25) is 0 Å². The van der Waals surface area contributed by atoms with Crippen LogP contribution in [0.2, 0.25) is 0 Å². The number of hydrogen-bond donors (Lipinski definition) is 1. The minimum absolute atomic E-state index is 0.0572. The third-order valence-electron chi connectivity index (χ3n) is 3.81. The van der Waals surface area contributed by atoms with Crippen molar-refractivity contribution in [2.75, 3.05) is 0 Å². The van der Waals surface area contributed by atoms with Crippen LogP contribution in [0.25, 0.3) is 11.3 Å². The van der Waals surface area contributed by atoms with Crippen LogP contribution < -0.4 is 5.32 Å². The van der Waals surface area contributed by atoms with Gasteiger partial charge in [-0.2, -0.15) is 0 Å². The first kappa shape index (κ1) is 17.0. The molecule has 0 radical (unpaired) electrons. The maximum atomic E-state index is 12.4. The van der Waals surface area contributed by atoms with E-state index in [1.165, 1.54) is 11.3 Å². The van der Waals surface area contributed by atoms with Crippen molar-refractivity contribution in [1.29, 1.82) is 0 Å². The molecule has 0 unspecified atom stereocenters. The van der Waals surface area contributed by atoms with Gasteiger partial charge in [-0.15, -0.1) is 11.3 Å². The SMILES string of the molecule is C[C@H](NC(=O)c1ccccc1)C(=O)Cc1nc(-c2ccccc2)cs1. The van der Waals surface area contributed by atoms with Crippen molar-refractivity contribution < 1.29 is 9.59 Å². The lowest BCUT2D eigenvalue weighted by Gasteiger charge is -2.12. The first-order chi connectivity index (χ1) is 12.1. The summed E-state index contributed by atoms with van der Waals surface area (Å²) in [6.45, 7) is 1.70. The normalized spacial score (nSPS) is 11.7. The number of ketones is 1. The Balaban J connectivity index is 1.60. The molecular formula is C20H18N2O2S. The van der Waals surface area contributed by atoms with Crippen molar-refractivity contribution in [3.8, 4) is 11.3 Å². The second-order valence-corrected chi connectivity index (χ2v) is 6.64. The fourth-order valence-corrected chi connectivity index (χ4v) is 3.20. The average molecular weight is 350 g/mol. The fourth-order valence-electron chi connectivity index (χ4n) is 2.39. The van der Waals surface area contributed by atoms with E-state index in [9.17, 15) is 9.59 Å². The van der Waals surface area contributed by atoms with Gasteiger partial charge in [-0.3, -0.25) is 9.59 Å². The number of carbonyl (C=O) groups is 2. The van der Waals surface area contributed by atoms with Crippen LogP contribution in [0.5, 0.6) is 0 Å². The number of aromatic nitrogens is 1. The fraction of sp³-hybridized carbons (Fsp3) is 0.150. The molecule has 5 heteroatoms. The molecule has 1 amide bonds. The van der Waals surface area contributed by atoms with E-state index in [-0.39, 0.29) is 18.1 Å². The summed E-state index contributed by atoms with van der Waals surface area (Å²) in [7, 11) is 0. The first-order valence-electron chi connectivity index (χ1n) is 8.02. The summed E-state index contributed by atoms with van der Waals surface area (Å²) < 4.78 is 0. The number of amides is 1. The molecule has 1 heterocycles. The number of benzene rings is 2. The van der Waals surface area contributed by atoms with Gasteiger partial charge in [-0.05, 0) is 19.1 Å². The van der Waals surface area contributed by atoms with Gasteiger partial charge in [0, 0.05) is 16.5 Å². The van der Waals surface area contributed by atoms with Crippen LogP contribution in [0.1, 0.15) is 22.3 Å². The number of Topliss-reactive ketones (excluding diaryl/α,β-unsaturated/α-hetero) is 1. The lowest BCUT2D eigenvalue weighted by atomic mass is 10.1. The summed E-state index contributed by atoms with van der Waals surface area (Å²) in [6, 6.07) is 18.2. The van der Waals surface area contributed by atoms with Crippen LogP contribution in [0.4, 0.5) is 0 Å². The number of nitrogens with zero attached hydrogens (tertiary/aromatic N) is 1. The summed E-state index contributed by atoms with van der Waals surface area (Å²) in [6.07, 6.45) is 0.216. The first-order valence-corrected chi connectivity index (χ1v) is 8.90. The molecule has 0 saturated heterocycles. The van der Waals surface area contributed by atoms with Gasteiger partial charge >= 0.3 is 0 Å². The number of hydrogen-bond acceptors (Lipinski definition) is 4. The molecule has 0 fully saturated rings. The van der Waals surface area contributed by atoms with Gasteiger partial charge in [0.1, 0.15) is 5.01 Å². The Bertz CT molecular complexity index is 860. The van der Waals surface area contributed by atoms with E-state index in [0.29, 0.717) is 5.56 Å². The van der Waals surface area contributed by atoms with Crippen molar-refractivity contribution in [2.45, 2.75) is 19.4 Å². The van der Waals surface area contributed by atoms with E-state index in [0.717, 1.165) is 16.3 Å². The highest BCUT2D eigenvalue weighted by atomic mass is 32.1. The van der Waals surface area contributed by atoms with Crippen molar-refractivity contribution >= 4 is 23.0 Å². The van der Waals surface area contributed by atoms with E-state index in [2.05, 4.69) is 10.3 Å². The van der Waals surface area contributed by atoms with Gasteiger partial charge in [0.05, 0.1) is 18.2 Å². The maximum absolute atomic E-state index is 12.4. The zero-order valence-corrected chi connectivity index (χ0v) is 14.6. The largest absolute Gasteiger partial charge is 0.343 e. The third-order valence-corrected chi connectivity index (χ3v) is 4.66. The molecule has 1 atom stereocenters. The number of carbonyl (C=O) groups excluding carboxylic acids is 2. The third kappa shape index (κ3) is 4.39. The topological polar surface area (TPSA) is 59.1 Å². The summed E-state index contributed by atoms with van der Waals surface area (Å²) in [5, 5.41) is 5.45. The van der Waals surface area contributed by atoms with E-state index >= 15 is 0 Å². The Hall–Kier alpha value is -2.79. The van der Waals surface area contributed by atoms with E-state index in [1.807, 2.05) is 41.8 Å². The summed E-state index contributed by atoms with van der Waals surface area (Å²) in [5.41, 5.74) is 2.44. The molecule has 3 aromatic rings. The Labute approximate surface area is 150 Å². The van der Waals surface area contributed by atoms with Crippen LogP contribution in [0, 0.1) is 0 Å². The highest BCUT2D eigenvalue weighted by Gasteiger charge is 2.18. The van der Waals surface area contributed by atoms with Crippen molar-refractivity contribution in [1.82, 2.24) is 10.3 Å². The predicted octanol–water partition coefficient (Wildman–Crippen LogP) is 3.74. The molecular weight excluding hydrogens is 332 g/mol. The van der Waals surface area contributed by atoms with Crippen LogP contribution >= 0.6 is 11.3 Å². The van der Waals surface area contributed by atoms with E-state index in [1.54, 1.807) is 31.2 Å². The molecule has 0 bridgehead atoms. The molecule has 1 aromatic heterocycles. The van der Waals surface area contributed by atoms with Gasteiger partial charge in [0.15, 0.2) is 5.78 Å². The Kier molecular flexibility index (Phi) is 5.36. The summed E-state index contributed by atoms with van der Waals surface area (Å²) in [4.78, 5) is 29.0. The predicted molar refractivity (Wildman–Crippen MR) is 99.6 cm³/mol. The quantitative estimate of drug-likeness (QED) is 0.737. The van der Waals surface area contributed by atoms with Crippen LogP contribution in [0.15, 0.2) is 66.0 Å². The molecule has 1 N–H and O–H groups in total. The molecule has 25 heavy (non-hydrogen) atoms. The lowest BCUT2D eigenvalue weighted by Crippen LogP contribution is -2.39. The molecule has 0 aliphatic carbocycles. The van der Waals surface area contributed by atoms with Crippen LogP contribution in [0.3, 0.4) is 0 Å². The van der Waals surface area contributed by atoms with Crippen LogP contribution in [-0.4, -0.2) is 22.7 Å². The number of thiazole rings is 1. The Morgan fingerprint density at radius 1 is 1.04 bits per heavy atom. The molecule has 0 spiro atoms. The van der Waals surface area contributed by atoms with Crippen LogP contribution in [-0.2, 0) is 11.2 Å². The van der Waals surface area contributed by atoms with Gasteiger partial charge in [-0.25, -0.2) is 4.98 Å². The van der Waals surface area contributed by atoms with Crippen molar-refractivity contribution in [3.63, 3.8) is 0 Å². The van der Waals surface area contributed by atoms with Gasteiger partial charge in [-0.1, -0.05) is 48.5 Å². The molecule has 0 aliphatic heterocycles. The van der Waals surface area contributed by atoms with E-state index in [4.69, 9.17) is 0 Å².